The summed E-state index contributed by atoms with van der Waals surface area (Å²) in [5, 5.41) is 10.5. The minimum atomic E-state index is -4.95. The summed E-state index contributed by atoms with van der Waals surface area (Å²) in [6, 6.07) is 0. The van der Waals surface area contributed by atoms with Gasteiger partial charge in [-0.05, 0) is 37.5 Å². The van der Waals surface area contributed by atoms with Crippen molar-refractivity contribution in [1.82, 2.24) is 0 Å². The number of carbonyl (C=O) groups is 4. The molecule has 0 spiro atoms. The van der Waals surface area contributed by atoms with Crippen LogP contribution in [-0.4, -0.2) is 96.7 Å². The number of aliphatic hydroxyl groups excluding tert-OH is 1. The molecule has 0 aromatic heterocycles. The fourth-order valence-electron chi connectivity index (χ4n) is 10.6. The molecule has 0 bridgehead atoms. The molecule has 3 N–H and O–H groups in total. The molecule has 17 nitrogen and oxygen atoms in total. The summed E-state index contributed by atoms with van der Waals surface area (Å²) in [7, 11) is -9.89. The standard InChI is InChI=1S/C70H136O17P2/c1-7-10-12-14-15-16-17-24-28-31-34-41-47-53-68(73)81-59-66(86-69(74)54-48-42-35-32-29-26-23-21-19-18-20-22-25-27-30-33-39-44-50-62(4)5)61-85-89(78,79)83-57-64(71)56-82-88(76,77)84-60-65(58-80-67(72)52-46-38-13-11-8-2)87-70(75)55-49-43-37-36-40-45-51-63(6)9-3/h62-66,71H,7-61H2,1-6H3,(H,76,77)(H,78,79)/t63?,64-,65+,66+/m0/s1. The van der Waals surface area contributed by atoms with Gasteiger partial charge in [-0.25, -0.2) is 9.13 Å². The van der Waals surface area contributed by atoms with E-state index in [2.05, 4.69) is 41.5 Å². The first-order chi connectivity index (χ1) is 42.9. The average Bonchev–Trinajstić information content (AvgIpc) is 3.58. The smallest absolute Gasteiger partial charge is 0.462 e. The first-order valence-corrected chi connectivity index (χ1v) is 39.5. The van der Waals surface area contributed by atoms with Gasteiger partial charge in [0.15, 0.2) is 12.2 Å². The SMILES string of the molecule is CCCCCCCCCCCCCCCC(=O)OC[C@H](COP(=O)(O)OC[C@@H](O)COP(=O)(O)OC[C@@H](COC(=O)CCCCCCC)OC(=O)CCCCCCCCC(C)CC)OC(=O)CCCCCCCCCCCCCCCCCCCCC(C)C. The Morgan fingerprint density at radius 2 is 0.573 bits per heavy atom. The van der Waals surface area contributed by atoms with E-state index in [0.29, 0.717) is 25.7 Å². The number of hydrogen-bond acceptors (Lipinski definition) is 15. The van der Waals surface area contributed by atoms with Gasteiger partial charge in [-0.15, -0.1) is 0 Å². The van der Waals surface area contributed by atoms with Crippen LogP contribution in [0.4, 0.5) is 0 Å². The lowest BCUT2D eigenvalue weighted by Gasteiger charge is -2.21. The first kappa shape index (κ1) is 87.1. The predicted molar refractivity (Wildman–Crippen MR) is 358 cm³/mol. The Kier molecular flexibility index (Phi) is 60.8. The summed E-state index contributed by atoms with van der Waals surface area (Å²) in [4.78, 5) is 72.2. The van der Waals surface area contributed by atoms with Gasteiger partial charge in [0.05, 0.1) is 26.4 Å². The van der Waals surface area contributed by atoms with E-state index in [1.54, 1.807) is 0 Å². The van der Waals surface area contributed by atoms with E-state index in [1.165, 1.54) is 167 Å². The fourth-order valence-corrected chi connectivity index (χ4v) is 12.1. The van der Waals surface area contributed by atoms with E-state index in [4.69, 9.17) is 37.0 Å². The van der Waals surface area contributed by atoms with E-state index >= 15 is 0 Å². The number of rotatable bonds is 69. The zero-order chi connectivity index (χ0) is 65.7. The number of phosphoric acid groups is 2. The van der Waals surface area contributed by atoms with Crippen molar-refractivity contribution in [3.05, 3.63) is 0 Å². The van der Waals surface area contributed by atoms with Gasteiger partial charge in [0.25, 0.3) is 0 Å². The van der Waals surface area contributed by atoms with Crippen LogP contribution in [0.25, 0.3) is 0 Å². The molecule has 0 aliphatic rings. The van der Waals surface area contributed by atoms with E-state index in [1.807, 2.05) is 0 Å². The van der Waals surface area contributed by atoms with Crippen LogP contribution >= 0.6 is 15.6 Å². The minimum absolute atomic E-state index is 0.102. The van der Waals surface area contributed by atoms with Crippen LogP contribution in [0.5, 0.6) is 0 Å². The van der Waals surface area contributed by atoms with Crippen LogP contribution in [0.1, 0.15) is 356 Å². The van der Waals surface area contributed by atoms with E-state index in [-0.39, 0.29) is 25.7 Å². The molecule has 528 valence electrons. The molecule has 0 amide bonds. The Bertz CT molecular complexity index is 1740. The maximum Gasteiger partial charge on any atom is 0.472 e. The molecular weight excluding hydrogens is 1170 g/mol. The molecule has 0 heterocycles. The van der Waals surface area contributed by atoms with Crippen LogP contribution in [0.2, 0.25) is 0 Å². The van der Waals surface area contributed by atoms with Crippen molar-refractivity contribution in [3.63, 3.8) is 0 Å². The highest BCUT2D eigenvalue weighted by Gasteiger charge is 2.30. The van der Waals surface area contributed by atoms with Gasteiger partial charge >= 0.3 is 39.5 Å². The molecule has 0 aromatic rings. The molecular formula is C70H136O17P2. The lowest BCUT2D eigenvalue weighted by Crippen LogP contribution is -2.30. The van der Waals surface area contributed by atoms with Crippen LogP contribution in [-0.2, 0) is 65.4 Å². The third kappa shape index (κ3) is 63.2. The second kappa shape index (κ2) is 62.2. The Morgan fingerprint density at radius 3 is 0.854 bits per heavy atom. The number of ether oxygens (including phenoxy) is 4. The number of phosphoric ester groups is 2. The summed E-state index contributed by atoms with van der Waals surface area (Å²) in [6.45, 7) is 9.44. The molecule has 0 saturated carbocycles. The third-order valence-corrected chi connectivity index (χ3v) is 18.5. The largest absolute Gasteiger partial charge is 0.472 e. The summed E-state index contributed by atoms with van der Waals surface area (Å²) in [5.41, 5.74) is 0. The number of aliphatic hydroxyl groups is 1. The van der Waals surface area contributed by atoms with Crippen molar-refractivity contribution in [1.29, 1.82) is 0 Å². The Labute approximate surface area is 543 Å². The molecule has 6 atom stereocenters. The topological polar surface area (TPSA) is 237 Å². The quantitative estimate of drug-likeness (QED) is 0.0222. The summed E-state index contributed by atoms with van der Waals surface area (Å²) in [5.74, 6) is -0.597. The normalized spacial score (nSPS) is 14.4. The van der Waals surface area contributed by atoms with Crippen LogP contribution < -0.4 is 0 Å². The van der Waals surface area contributed by atoms with Gasteiger partial charge in [-0.3, -0.25) is 37.3 Å². The highest BCUT2D eigenvalue weighted by molar-refractivity contribution is 7.47. The van der Waals surface area contributed by atoms with Gasteiger partial charge in [0, 0.05) is 25.7 Å². The molecule has 0 aliphatic heterocycles. The van der Waals surface area contributed by atoms with Crippen LogP contribution in [0.15, 0.2) is 0 Å². The van der Waals surface area contributed by atoms with E-state index in [0.717, 1.165) is 108 Å². The van der Waals surface area contributed by atoms with E-state index < -0.39 is 97.5 Å². The third-order valence-electron chi connectivity index (χ3n) is 16.6. The maximum atomic E-state index is 13.0. The molecule has 0 aromatic carbocycles. The van der Waals surface area contributed by atoms with Crippen molar-refractivity contribution >= 4 is 39.5 Å². The zero-order valence-corrected chi connectivity index (χ0v) is 59.5. The molecule has 3 unspecified atom stereocenters. The van der Waals surface area contributed by atoms with Crippen LogP contribution in [0.3, 0.4) is 0 Å². The van der Waals surface area contributed by atoms with Crippen molar-refractivity contribution in [2.75, 3.05) is 39.6 Å². The number of unbranched alkanes of at least 4 members (excludes halogenated alkanes) is 38. The van der Waals surface area contributed by atoms with Gasteiger partial charge in [0.1, 0.15) is 19.3 Å². The molecule has 0 saturated heterocycles. The number of hydrogen-bond donors (Lipinski definition) is 3. The Morgan fingerprint density at radius 1 is 0.326 bits per heavy atom. The second-order valence-electron chi connectivity index (χ2n) is 26.0. The molecule has 19 heteroatoms. The lowest BCUT2D eigenvalue weighted by molar-refractivity contribution is -0.161. The van der Waals surface area contributed by atoms with Gasteiger partial charge in [-0.2, -0.15) is 0 Å². The molecule has 0 aliphatic carbocycles. The minimum Gasteiger partial charge on any atom is -0.462 e. The Balaban J connectivity index is 5.11. The molecule has 0 radical (unpaired) electrons. The Hall–Kier alpha value is -1.94. The van der Waals surface area contributed by atoms with Crippen molar-refractivity contribution in [3.8, 4) is 0 Å². The highest BCUT2D eigenvalue weighted by Crippen LogP contribution is 2.45. The van der Waals surface area contributed by atoms with Crippen molar-refractivity contribution < 1.29 is 80.2 Å². The summed E-state index contributed by atoms with van der Waals surface area (Å²) < 4.78 is 68.0. The lowest BCUT2D eigenvalue weighted by atomic mass is 10.00. The van der Waals surface area contributed by atoms with Gasteiger partial charge in [-0.1, -0.05) is 305 Å². The molecule has 0 rings (SSSR count). The monoisotopic (exact) mass is 1310 g/mol. The number of carbonyl (C=O) groups excluding carboxylic acids is 4. The molecule has 89 heavy (non-hydrogen) atoms. The van der Waals surface area contributed by atoms with E-state index in [9.17, 15) is 43.2 Å². The summed E-state index contributed by atoms with van der Waals surface area (Å²) >= 11 is 0. The number of esters is 4. The fraction of sp³-hybridized carbons (Fsp3) is 0.943. The summed E-state index contributed by atoms with van der Waals surface area (Å²) in [6.07, 6.45) is 47.7. The maximum absolute atomic E-state index is 13.0. The van der Waals surface area contributed by atoms with Gasteiger partial charge < -0.3 is 33.8 Å². The highest BCUT2D eigenvalue weighted by atomic mass is 31.2. The predicted octanol–water partition coefficient (Wildman–Crippen LogP) is 20.0. The van der Waals surface area contributed by atoms with Crippen LogP contribution in [0, 0.1) is 11.8 Å². The van der Waals surface area contributed by atoms with Crippen molar-refractivity contribution in [2.45, 2.75) is 374 Å². The zero-order valence-electron chi connectivity index (χ0n) is 57.7. The van der Waals surface area contributed by atoms with Gasteiger partial charge in [0.2, 0.25) is 0 Å². The van der Waals surface area contributed by atoms with Crippen molar-refractivity contribution in [2.24, 2.45) is 11.8 Å². The molecule has 0 fully saturated rings. The average molecular weight is 1310 g/mol. The first-order valence-electron chi connectivity index (χ1n) is 36.5. The second-order valence-corrected chi connectivity index (χ2v) is 28.9.